The van der Waals surface area contributed by atoms with E-state index in [4.69, 9.17) is 14.8 Å². The van der Waals surface area contributed by atoms with Gasteiger partial charge in [0.1, 0.15) is 29.6 Å². The molecule has 0 fully saturated rings. The summed E-state index contributed by atoms with van der Waals surface area (Å²) >= 11 is 1.37. The van der Waals surface area contributed by atoms with Gasteiger partial charge in [0.25, 0.3) is 0 Å². The van der Waals surface area contributed by atoms with Gasteiger partial charge in [-0.05, 0) is 49.6 Å². The van der Waals surface area contributed by atoms with Crippen LogP contribution >= 0.6 is 11.3 Å². The van der Waals surface area contributed by atoms with Crippen molar-refractivity contribution < 1.29 is 23.4 Å². The van der Waals surface area contributed by atoms with E-state index in [1.165, 1.54) is 24.3 Å². The highest BCUT2D eigenvalue weighted by Gasteiger charge is 2.30. The summed E-state index contributed by atoms with van der Waals surface area (Å²) in [6.07, 6.45) is 3.15. The topological polar surface area (TPSA) is 98.3 Å². The number of carbonyl (C=O) groups excluding carboxylic acids is 1. The van der Waals surface area contributed by atoms with Gasteiger partial charge < -0.3 is 14.7 Å². The van der Waals surface area contributed by atoms with Crippen molar-refractivity contribution >= 4 is 43.8 Å². The molecule has 4 aromatic heterocycles. The lowest BCUT2D eigenvalue weighted by molar-refractivity contribution is -0.127. The van der Waals surface area contributed by atoms with Crippen LogP contribution < -0.4 is 0 Å². The number of amides is 1. The van der Waals surface area contributed by atoms with E-state index in [-0.39, 0.29) is 36.2 Å². The second kappa shape index (κ2) is 12.5. The molecule has 0 spiro atoms. The summed E-state index contributed by atoms with van der Waals surface area (Å²) in [5, 5.41) is 22.8. The molecule has 46 heavy (non-hydrogen) atoms. The fraction of sp³-hybridized carbons (Fsp3) is 0.235. The van der Waals surface area contributed by atoms with Gasteiger partial charge in [-0.25, -0.2) is 13.8 Å². The minimum absolute atomic E-state index is 0.0983. The van der Waals surface area contributed by atoms with Crippen LogP contribution in [0.5, 0.6) is 0 Å². The number of aliphatic hydroxyl groups is 1. The van der Waals surface area contributed by atoms with E-state index >= 15 is 4.39 Å². The third-order valence-electron chi connectivity index (χ3n) is 7.77. The first-order valence-corrected chi connectivity index (χ1v) is 15.5. The number of benzene rings is 1. The van der Waals surface area contributed by atoms with E-state index in [0.717, 1.165) is 27.5 Å². The van der Waals surface area contributed by atoms with Gasteiger partial charge in [-0.1, -0.05) is 19.2 Å². The molecule has 1 aliphatic heterocycles. The maximum atomic E-state index is 16.0. The summed E-state index contributed by atoms with van der Waals surface area (Å²) in [7, 11) is 1.86. The van der Waals surface area contributed by atoms with Crippen LogP contribution in [0.25, 0.3) is 49.2 Å². The molecule has 5 heterocycles. The highest BCUT2D eigenvalue weighted by Crippen LogP contribution is 2.45. The van der Waals surface area contributed by atoms with E-state index in [0.29, 0.717) is 46.5 Å². The molecular weight excluding hydrogens is 610 g/mol. The summed E-state index contributed by atoms with van der Waals surface area (Å²) in [4.78, 5) is 19.3. The Hall–Kier alpha value is -4.94. The second-order valence-electron chi connectivity index (χ2n) is 11.3. The van der Waals surface area contributed by atoms with Gasteiger partial charge in [0, 0.05) is 52.5 Å². The molecule has 0 bridgehead atoms. The van der Waals surface area contributed by atoms with Crippen LogP contribution in [0.15, 0.2) is 85.1 Å². The van der Waals surface area contributed by atoms with Crippen LogP contribution in [-0.2, 0) is 23.1 Å². The molecule has 12 heteroatoms. The number of aliphatic hydroxyl groups excluding tert-OH is 1. The normalized spacial score (nSPS) is 16.1. The fourth-order valence-electron chi connectivity index (χ4n) is 5.78. The minimum Gasteiger partial charge on any atom is -0.491 e. The number of aromatic nitrogens is 5. The average Bonchev–Trinajstić information content (AvgIpc) is 3.77. The molecule has 0 saturated heterocycles. The number of aryl methyl sites for hydroxylation is 1. The predicted molar refractivity (Wildman–Crippen MR) is 176 cm³/mol. The number of nitrogens with zero attached hydrogens (tertiary/aromatic N) is 6. The molecule has 0 saturated carbocycles. The lowest BCUT2D eigenvalue weighted by Crippen LogP contribution is -2.39. The number of halogens is 2. The average molecular weight is 643 g/mol. The quantitative estimate of drug-likeness (QED) is 0.107. The Morgan fingerprint density at radius 3 is 2.80 bits per heavy atom. The summed E-state index contributed by atoms with van der Waals surface area (Å²) in [5.74, 6) is -1.22. The van der Waals surface area contributed by atoms with Crippen molar-refractivity contribution in [1.82, 2.24) is 29.4 Å². The number of fused-ring (bicyclic) bond motifs is 3. The van der Waals surface area contributed by atoms with Gasteiger partial charge in [-0.15, -0.1) is 11.3 Å². The van der Waals surface area contributed by atoms with Crippen LogP contribution in [0.3, 0.4) is 0 Å². The number of thiophene rings is 1. The van der Waals surface area contributed by atoms with Crippen molar-refractivity contribution in [3.05, 3.63) is 96.4 Å². The van der Waals surface area contributed by atoms with Gasteiger partial charge in [0.05, 0.1) is 47.5 Å². The first kappa shape index (κ1) is 31.1. The van der Waals surface area contributed by atoms with Crippen molar-refractivity contribution in [2.45, 2.75) is 32.5 Å². The number of ether oxygens (including phenoxy) is 1. The molecule has 0 unspecified atom stereocenters. The third-order valence-corrected chi connectivity index (χ3v) is 8.70. The number of rotatable bonds is 9. The van der Waals surface area contributed by atoms with Crippen molar-refractivity contribution in [2.75, 3.05) is 13.2 Å². The lowest BCUT2D eigenvalue weighted by Gasteiger charge is -2.31. The van der Waals surface area contributed by atoms with E-state index in [2.05, 4.69) is 18.3 Å². The van der Waals surface area contributed by atoms with Gasteiger partial charge in [0.15, 0.2) is 0 Å². The van der Waals surface area contributed by atoms with Gasteiger partial charge in [-0.2, -0.15) is 10.2 Å². The fourth-order valence-corrected chi connectivity index (χ4v) is 6.73. The predicted octanol–water partition coefficient (Wildman–Crippen LogP) is 6.88. The minimum atomic E-state index is -0.930. The largest absolute Gasteiger partial charge is 0.491 e. The van der Waals surface area contributed by atoms with Crippen molar-refractivity contribution in [2.24, 2.45) is 7.05 Å². The Bertz CT molecular complexity index is 2070. The van der Waals surface area contributed by atoms with Gasteiger partial charge in [-0.3, -0.25) is 14.2 Å². The molecule has 1 amide bonds. The Morgan fingerprint density at radius 2 is 2.07 bits per heavy atom. The maximum absolute atomic E-state index is 16.0. The van der Waals surface area contributed by atoms with Crippen molar-refractivity contribution in [1.29, 1.82) is 0 Å². The molecule has 1 aromatic carbocycles. The molecule has 1 aliphatic rings. The zero-order valence-electron chi connectivity index (χ0n) is 25.6. The Balaban J connectivity index is 1.64. The molecule has 5 aromatic rings. The zero-order valence-corrected chi connectivity index (χ0v) is 26.4. The van der Waals surface area contributed by atoms with E-state index in [1.54, 1.807) is 9.58 Å². The highest BCUT2D eigenvalue weighted by molar-refractivity contribution is 7.17. The molecule has 0 radical (unpaired) electrons. The van der Waals surface area contributed by atoms with Crippen molar-refractivity contribution in [3.8, 4) is 22.6 Å². The first-order chi connectivity index (χ1) is 22.1. The summed E-state index contributed by atoms with van der Waals surface area (Å²) in [6.45, 7) is 11.7. The molecule has 2 atom stereocenters. The van der Waals surface area contributed by atoms with Gasteiger partial charge in [0.2, 0.25) is 5.91 Å². The van der Waals surface area contributed by atoms with E-state index in [9.17, 15) is 14.3 Å². The molecule has 236 valence electrons. The van der Waals surface area contributed by atoms with E-state index < -0.39 is 11.9 Å². The first-order valence-electron chi connectivity index (χ1n) is 14.6. The molecule has 1 N–H and O–H groups in total. The smallest absolute Gasteiger partial charge is 0.246 e. The second-order valence-corrected chi connectivity index (χ2v) is 12.2. The third kappa shape index (κ3) is 5.65. The van der Waals surface area contributed by atoms with Crippen molar-refractivity contribution in [3.63, 3.8) is 0 Å². The standard InChI is InChI=1S/C34H32F2N6O3S/c1-6-29(44)41-15-19(2)42-24(17-41)14-28(39-42)33-31(30(26(36)9-11-35)21(4)45-18-20(3)43)34-25(10-12-46-34)32(37-33)22-7-8-27-23(13-22)16-40(5)38-27/h6-14,16,19-20,43H,1,4,15,17-18H2,2-3,5H3/b11-9+,30-26-/t19-,20+/m0/s1. The Labute approximate surface area is 268 Å². The molecule has 0 aliphatic carbocycles. The SMILES string of the molecule is C=CC(=O)N1Cc2cc(-c3nc(-c4ccc5nn(C)cc5c4)c4ccsc4c3/C(C(=C)OC[C@@H](C)O)=C(F)/C=C/F)nn2[C@@H](C)C1. The van der Waals surface area contributed by atoms with Crippen LogP contribution in [0, 0.1) is 0 Å². The summed E-state index contributed by atoms with van der Waals surface area (Å²) in [5.41, 5.74) is 4.02. The Morgan fingerprint density at radius 1 is 1.26 bits per heavy atom. The Kier molecular flexibility index (Phi) is 8.41. The summed E-state index contributed by atoms with van der Waals surface area (Å²) < 4.78 is 39.4. The van der Waals surface area contributed by atoms with Crippen LogP contribution in [0.2, 0.25) is 0 Å². The van der Waals surface area contributed by atoms with Crippen LogP contribution in [0.4, 0.5) is 8.78 Å². The monoisotopic (exact) mass is 642 g/mol. The number of pyridine rings is 1. The molecular formula is C34H32F2N6O3S. The maximum Gasteiger partial charge on any atom is 0.246 e. The summed E-state index contributed by atoms with van der Waals surface area (Å²) in [6, 6.07) is 9.43. The zero-order chi connectivity index (χ0) is 32.7. The number of hydrogen-bond donors (Lipinski definition) is 1. The van der Waals surface area contributed by atoms with Crippen LogP contribution in [0.1, 0.15) is 31.1 Å². The highest BCUT2D eigenvalue weighted by atomic mass is 32.1. The van der Waals surface area contributed by atoms with Crippen LogP contribution in [-0.4, -0.2) is 59.7 Å². The number of carbonyl (C=O) groups is 1. The van der Waals surface area contributed by atoms with Gasteiger partial charge >= 0.3 is 0 Å². The van der Waals surface area contributed by atoms with E-state index in [1.807, 2.05) is 60.6 Å². The number of allylic oxidation sites excluding steroid dienone is 3. The molecule has 6 rings (SSSR count). The molecule has 9 nitrogen and oxygen atoms in total. The lowest BCUT2D eigenvalue weighted by atomic mass is 9.95. The number of hydrogen-bond acceptors (Lipinski definition) is 7.